The Morgan fingerprint density at radius 1 is 1.14 bits per heavy atom. The van der Waals surface area contributed by atoms with Gasteiger partial charge in [-0.25, -0.2) is 15.0 Å². The van der Waals surface area contributed by atoms with Crippen molar-refractivity contribution in [2.75, 3.05) is 18.4 Å². The molecule has 6 heteroatoms. The van der Waals surface area contributed by atoms with Crippen LogP contribution in [0.3, 0.4) is 0 Å². The molecule has 1 aliphatic rings. The molecule has 0 amide bonds. The summed E-state index contributed by atoms with van der Waals surface area (Å²) >= 11 is 0. The first-order valence-corrected chi connectivity index (χ1v) is 7.82. The van der Waals surface area contributed by atoms with Gasteiger partial charge in [-0.3, -0.25) is 4.98 Å². The predicted octanol–water partition coefficient (Wildman–Crippen LogP) is 2.60. The summed E-state index contributed by atoms with van der Waals surface area (Å²) in [5, 5.41) is 3.10. The zero-order valence-corrected chi connectivity index (χ0v) is 13.1. The van der Waals surface area contributed by atoms with Crippen molar-refractivity contribution in [2.24, 2.45) is 0 Å². The Kier molecular flexibility index (Phi) is 4.58. The van der Waals surface area contributed by atoms with Crippen molar-refractivity contribution in [2.45, 2.75) is 38.6 Å². The maximum Gasteiger partial charge on any atom is 0.228 e. The number of likely N-dealkylation sites (tertiary alicyclic amines) is 1. The van der Waals surface area contributed by atoms with E-state index in [9.17, 15) is 0 Å². The molecule has 0 unspecified atom stereocenters. The SMILES string of the molecule is CC(C)N1CCC(c2cncc(Nc3ncccn3)n2)CC1. The van der Waals surface area contributed by atoms with E-state index >= 15 is 0 Å². The van der Waals surface area contributed by atoms with Crippen LogP contribution in [0.2, 0.25) is 0 Å². The Hall–Kier alpha value is -2.08. The molecule has 116 valence electrons. The highest BCUT2D eigenvalue weighted by molar-refractivity contribution is 5.45. The van der Waals surface area contributed by atoms with E-state index in [0.717, 1.165) is 31.6 Å². The fourth-order valence-corrected chi connectivity index (χ4v) is 2.83. The van der Waals surface area contributed by atoms with Crippen LogP contribution in [0.1, 0.15) is 38.3 Å². The molecule has 0 aromatic carbocycles. The maximum atomic E-state index is 4.69. The number of anilines is 2. The molecule has 0 aliphatic carbocycles. The number of nitrogens with one attached hydrogen (secondary N) is 1. The van der Waals surface area contributed by atoms with Crippen LogP contribution in [-0.4, -0.2) is 44.0 Å². The van der Waals surface area contributed by atoms with Crippen LogP contribution in [-0.2, 0) is 0 Å². The summed E-state index contributed by atoms with van der Waals surface area (Å²) in [5.74, 6) is 1.74. The molecule has 0 saturated carbocycles. The topological polar surface area (TPSA) is 66.8 Å². The van der Waals surface area contributed by atoms with Gasteiger partial charge in [0.1, 0.15) is 0 Å². The molecule has 0 radical (unpaired) electrons. The molecule has 0 spiro atoms. The molecule has 22 heavy (non-hydrogen) atoms. The molecule has 0 atom stereocenters. The van der Waals surface area contributed by atoms with Gasteiger partial charge in [-0.15, -0.1) is 0 Å². The third-order valence-electron chi connectivity index (χ3n) is 4.14. The van der Waals surface area contributed by atoms with Crippen molar-refractivity contribution in [1.29, 1.82) is 0 Å². The molecule has 2 aromatic heterocycles. The molecule has 0 bridgehead atoms. The molecule has 1 saturated heterocycles. The Morgan fingerprint density at radius 2 is 1.86 bits per heavy atom. The maximum absolute atomic E-state index is 4.69. The monoisotopic (exact) mass is 298 g/mol. The lowest BCUT2D eigenvalue weighted by molar-refractivity contribution is 0.170. The highest BCUT2D eigenvalue weighted by atomic mass is 15.2. The lowest BCUT2D eigenvalue weighted by Gasteiger charge is -2.34. The normalized spacial score (nSPS) is 16.9. The highest BCUT2D eigenvalue weighted by Crippen LogP contribution is 2.27. The lowest BCUT2D eigenvalue weighted by Crippen LogP contribution is -2.38. The van der Waals surface area contributed by atoms with Crippen molar-refractivity contribution in [1.82, 2.24) is 24.8 Å². The van der Waals surface area contributed by atoms with Gasteiger partial charge >= 0.3 is 0 Å². The van der Waals surface area contributed by atoms with E-state index in [2.05, 4.69) is 44.0 Å². The van der Waals surface area contributed by atoms with Gasteiger partial charge in [0.15, 0.2) is 5.82 Å². The summed E-state index contributed by atoms with van der Waals surface area (Å²) in [6, 6.07) is 2.41. The molecule has 2 aromatic rings. The standard InChI is InChI=1S/C16H22N6/c1-12(2)22-8-4-13(5-9-22)14-10-17-11-15(20-14)21-16-18-6-3-7-19-16/h3,6-7,10-13H,4-5,8-9H2,1-2H3,(H,18,19,20,21). The minimum atomic E-state index is 0.487. The van der Waals surface area contributed by atoms with Gasteiger partial charge < -0.3 is 10.2 Å². The summed E-state index contributed by atoms with van der Waals surface area (Å²) < 4.78 is 0. The number of piperidine rings is 1. The number of nitrogens with zero attached hydrogens (tertiary/aromatic N) is 5. The number of hydrogen-bond acceptors (Lipinski definition) is 6. The Bertz CT molecular complexity index is 593. The Morgan fingerprint density at radius 3 is 2.55 bits per heavy atom. The largest absolute Gasteiger partial charge is 0.307 e. The van der Waals surface area contributed by atoms with E-state index in [4.69, 9.17) is 0 Å². The summed E-state index contributed by atoms with van der Waals surface area (Å²) in [7, 11) is 0. The van der Waals surface area contributed by atoms with Gasteiger partial charge in [0.25, 0.3) is 0 Å². The van der Waals surface area contributed by atoms with E-state index in [1.807, 2.05) is 6.20 Å². The molecule has 3 heterocycles. The van der Waals surface area contributed by atoms with E-state index < -0.39 is 0 Å². The molecule has 6 nitrogen and oxygen atoms in total. The Labute approximate surface area is 131 Å². The van der Waals surface area contributed by atoms with Gasteiger partial charge in [0.05, 0.1) is 11.9 Å². The molecule has 1 N–H and O–H groups in total. The average molecular weight is 298 g/mol. The quantitative estimate of drug-likeness (QED) is 0.936. The third-order valence-corrected chi connectivity index (χ3v) is 4.14. The van der Waals surface area contributed by atoms with Crippen LogP contribution in [0, 0.1) is 0 Å². The predicted molar refractivity (Wildman–Crippen MR) is 86.0 cm³/mol. The zero-order chi connectivity index (χ0) is 15.4. The summed E-state index contributed by atoms with van der Waals surface area (Å²) in [6.45, 7) is 6.77. The van der Waals surface area contributed by atoms with Gasteiger partial charge in [-0.05, 0) is 45.8 Å². The van der Waals surface area contributed by atoms with E-state index in [1.165, 1.54) is 0 Å². The third kappa shape index (κ3) is 3.57. The first kappa shape index (κ1) is 14.8. The number of aromatic nitrogens is 4. The second-order valence-electron chi connectivity index (χ2n) is 5.93. The molecule has 1 aliphatic heterocycles. The van der Waals surface area contributed by atoms with E-state index in [1.54, 1.807) is 24.7 Å². The molecular formula is C16H22N6. The Balaban J connectivity index is 1.67. The summed E-state index contributed by atoms with van der Waals surface area (Å²) in [6.07, 6.45) is 9.27. The van der Waals surface area contributed by atoms with Crippen molar-refractivity contribution in [3.05, 3.63) is 36.5 Å². The molecule has 1 fully saturated rings. The van der Waals surface area contributed by atoms with Crippen LogP contribution >= 0.6 is 0 Å². The molecule has 3 rings (SSSR count). The van der Waals surface area contributed by atoms with Crippen LogP contribution in [0.5, 0.6) is 0 Å². The zero-order valence-electron chi connectivity index (χ0n) is 13.1. The van der Waals surface area contributed by atoms with Crippen LogP contribution in [0.25, 0.3) is 0 Å². The van der Waals surface area contributed by atoms with E-state index in [0.29, 0.717) is 23.7 Å². The van der Waals surface area contributed by atoms with Crippen molar-refractivity contribution in [3.63, 3.8) is 0 Å². The second-order valence-corrected chi connectivity index (χ2v) is 5.93. The van der Waals surface area contributed by atoms with Gasteiger partial charge in [0.2, 0.25) is 5.95 Å². The smallest absolute Gasteiger partial charge is 0.228 e. The van der Waals surface area contributed by atoms with Crippen molar-refractivity contribution < 1.29 is 0 Å². The van der Waals surface area contributed by atoms with Crippen LogP contribution in [0.15, 0.2) is 30.9 Å². The van der Waals surface area contributed by atoms with Crippen molar-refractivity contribution in [3.8, 4) is 0 Å². The highest BCUT2D eigenvalue weighted by Gasteiger charge is 2.23. The first-order valence-electron chi connectivity index (χ1n) is 7.82. The number of hydrogen-bond donors (Lipinski definition) is 1. The number of rotatable bonds is 4. The van der Waals surface area contributed by atoms with Gasteiger partial charge in [-0.1, -0.05) is 0 Å². The summed E-state index contributed by atoms with van der Waals surface area (Å²) in [4.78, 5) is 19.8. The van der Waals surface area contributed by atoms with Gasteiger partial charge in [-0.2, -0.15) is 0 Å². The minimum Gasteiger partial charge on any atom is -0.307 e. The van der Waals surface area contributed by atoms with Gasteiger partial charge in [0, 0.05) is 30.6 Å². The van der Waals surface area contributed by atoms with Crippen LogP contribution < -0.4 is 5.32 Å². The second kappa shape index (κ2) is 6.79. The fourth-order valence-electron chi connectivity index (χ4n) is 2.83. The molecular weight excluding hydrogens is 276 g/mol. The average Bonchev–Trinajstić information content (AvgIpc) is 2.56. The first-order chi connectivity index (χ1) is 10.7. The van der Waals surface area contributed by atoms with Crippen molar-refractivity contribution >= 4 is 11.8 Å². The fraction of sp³-hybridized carbons (Fsp3) is 0.500. The summed E-state index contributed by atoms with van der Waals surface area (Å²) in [5.41, 5.74) is 1.06. The minimum absolute atomic E-state index is 0.487. The van der Waals surface area contributed by atoms with E-state index in [-0.39, 0.29) is 0 Å². The lowest BCUT2D eigenvalue weighted by atomic mass is 9.93. The van der Waals surface area contributed by atoms with Crippen LogP contribution in [0.4, 0.5) is 11.8 Å².